The third kappa shape index (κ3) is 5.52. The fourth-order valence-electron chi connectivity index (χ4n) is 5.32. The molecule has 0 fully saturated rings. The normalized spacial score (nSPS) is 11.2. The lowest BCUT2D eigenvalue weighted by molar-refractivity contribution is 1.33. The van der Waals surface area contributed by atoms with Gasteiger partial charge in [-0.1, -0.05) is 128 Å². The van der Waals surface area contributed by atoms with Gasteiger partial charge in [0.25, 0.3) is 0 Å². The molecule has 200 valence electrons. The first kappa shape index (κ1) is 26.6. The summed E-state index contributed by atoms with van der Waals surface area (Å²) in [6, 6.07) is 49.1. The highest BCUT2D eigenvalue weighted by atomic mass is 14.7. The summed E-state index contributed by atoms with van der Waals surface area (Å²) in [6.07, 6.45) is 5.44. The maximum atomic E-state index is 4.53. The zero-order valence-electron chi connectivity index (χ0n) is 23.3. The van der Waals surface area contributed by atoms with Gasteiger partial charge in [0, 0.05) is 17.3 Å². The molecule has 0 aliphatic heterocycles. The molecule has 42 heavy (non-hydrogen) atoms. The summed E-state index contributed by atoms with van der Waals surface area (Å²) in [5, 5.41) is 0. The molecule has 0 N–H and O–H groups in total. The largest absolute Gasteiger partial charge is 0.264 e. The topological polar surface area (TPSA) is 25.2 Å². The van der Waals surface area contributed by atoms with Crippen LogP contribution >= 0.6 is 0 Å². The Morgan fingerprint density at radius 3 is 1.43 bits per heavy atom. The van der Waals surface area contributed by atoms with E-state index < -0.39 is 0 Å². The van der Waals surface area contributed by atoms with Gasteiger partial charge in [-0.25, -0.2) is 0 Å². The zero-order valence-corrected chi connectivity index (χ0v) is 23.3. The first-order valence-corrected chi connectivity index (χ1v) is 14.0. The van der Waals surface area contributed by atoms with Gasteiger partial charge in [0.2, 0.25) is 0 Å². The SMILES string of the molecule is C=C/C=C(\N=C)c1ccc(-c2cc(-c3ccc(-c4ccccn4)cc3)c(-c3ccccc3)cc2-c2ccccc2)cc1. The van der Waals surface area contributed by atoms with Gasteiger partial charge in [-0.3, -0.25) is 9.98 Å². The van der Waals surface area contributed by atoms with Gasteiger partial charge in [0.1, 0.15) is 0 Å². The maximum Gasteiger partial charge on any atom is 0.0701 e. The molecule has 0 spiro atoms. The molecule has 1 heterocycles. The van der Waals surface area contributed by atoms with Gasteiger partial charge < -0.3 is 0 Å². The average molecular weight is 539 g/mol. The van der Waals surface area contributed by atoms with E-state index in [-0.39, 0.29) is 0 Å². The molecule has 0 amide bonds. The highest BCUT2D eigenvalue weighted by molar-refractivity contribution is 5.95. The van der Waals surface area contributed by atoms with Crippen LogP contribution in [-0.2, 0) is 0 Å². The summed E-state index contributed by atoms with van der Waals surface area (Å²) in [7, 11) is 0. The summed E-state index contributed by atoms with van der Waals surface area (Å²) in [4.78, 5) is 8.71. The predicted molar refractivity (Wildman–Crippen MR) is 179 cm³/mol. The first-order chi connectivity index (χ1) is 20.7. The van der Waals surface area contributed by atoms with Crippen molar-refractivity contribution in [2.75, 3.05) is 0 Å². The van der Waals surface area contributed by atoms with Gasteiger partial charge >= 0.3 is 0 Å². The number of aliphatic imine (C=N–C) groups is 1. The summed E-state index contributed by atoms with van der Waals surface area (Å²) >= 11 is 0. The van der Waals surface area contributed by atoms with E-state index in [1.165, 1.54) is 27.8 Å². The minimum absolute atomic E-state index is 0.799. The van der Waals surface area contributed by atoms with Crippen LogP contribution < -0.4 is 0 Å². The lowest BCUT2D eigenvalue weighted by Crippen LogP contribution is -1.93. The van der Waals surface area contributed by atoms with Crippen LogP contribution in [0.15, 0.2) is 169 Å². The van der Waals surface area contributed by atoms with E-state index in [0.29, 0.717) is 0 Å². The molecule has 6 rings (SSSR count). The molecule has 0 saturated carbocycles. The second kappa shape index (κ2) is 12.3. The third-order valence-corrected chi connectivity index (χ3v) is 7.42. The van der Waals surface area contributed by atoms with Crippen LogP contribution in [0.4, 0.5) is 0 Å². The molecular formula is C40H30N2. The minimum atomic E-state index is 0.799. The van der Waals surface area contributed by atoms with Crippen molar-refractivity contribution < 1.29 is 0 Å². The number of allylic oxidation sites excluding steroid dienone is 2. The van der Waals surface area contributed by atoms with Crippen LogP contribution in [0.3, 0.4) is 0 Å². The molecule has 2 heteroatoms. The molecule has 6 aromatic rings. The summed E-state index contributed by atoms with van der Waals surface area (Å²) in [6.45, 7) is 7.54. The van der Waals surface area contributed by atoms with Crippen LogP contribution in [0.2, 0.25) is 0 Å². The maximum absolute atomic E-state index is 4.53. The Balaban J connectivity index is 1.56. The Kier molecular flexibility index (Phi) is 7.78. The van der Waals surface area contributed by atoms with Gasteiger partial charge in [0.15, 0.2) is 0 Å². The smallest absolute Gasteiger partial charge is 0.0701 e. The van der Waals surface area contributed by atoms with Gasteiger partial charge in [-0.05, 0) is 81.6 Å². The van der Waals surface area contributed by atoms with E-state index in [9.17, 15) is 0 Å². The molecule has 5 aromatic carbocycles. The minimum Gasteiger partial charge on any atom is -0.264 e. The number of aromatic nitrogens is 1. The monoisotopic (exact) mass is 538 g/mol. The van der Waals surface area contributed by atoms with E-state index in [1.807, 2.05) is 30.5 Å². The van der Waals surface area contributed by atoms with Crippen molar-refractivity contribution in [2.24, 2.45) is 4.99 Å². The average Bonchev–Trinajstić information content (AvgIpc) is 3.08. The molecule has 0 saturated heterocycles. The highest BCUT2D eigenvalue weighted by Gasteiger charge is 2.16. The standard InChI is InChI=1S/C40H30N2/c1-3-12-39(41-2)33-22-18-31(19-23-33)37-28-38(32-20-24-34(25-21-32)40-17-10-11-26-42-40)36(30-15-8-5-9-16-30)27-35(37)29-13-6-4-7-14-29/h3-28H,1-2H2/b39-12-. The third-order valence-electron chi connectivity index (χ3n) is 7.42. The Hall–Kier alpha value is -5.60. The van der Waals surface area contributed by atoms with E-state index in [2.05, 4.69) is 145 Å². The predicted octanol–water partition coefficient (Wildman–Crippen LogP) is 10.6. The van der Waals surface area contributed by atoms with Gasteiger partial charge in [-0.15, -0.1) is 0 Å². The Morgan fingerprint density at radius 2 is 0.976 bits per heavy atom. The fourth-order valence-corrected chi connectivity index (χ4v) is 5.32. The van der Waals surface area contributed by atoms with Crippen molar-refractivity contribution in [3.05, 3.63) is 170 Å². The second-order valence-corrected chi connectivity index (χ2v) is 9.99. The molecule has 2 nitrogen and oxygen atoms in total. The summed E-state index contributed by atoms with van der Waals surface area (Å²) in [5.74, 6) is 0. The van der Waals surface area contributed by atoms with Crippen molar-refractivity contribution in [1.29, 1.82) is 0 Å². The van der Waals surface area contributed by atoms with Crippen LogP contribution in [0.5, 0.6) is 0 Å². The number of benzene rings is 5. The lowest BCUT2D eigenvalue weighted by Gasteiger charge is -2.19. The molecule has 1 aromatic heterocycles. The lowest BCUT2D eigenvalue weighted by atomic mass is 9.85. The molecule has 0 radical (unpaired) electrons. The molecule has 0 bridgehead atoms. The zero-order chi connectivity index (χ0) is 28.7. The van der Waals surface area contributed by atoms with Crippen molar-refractivity contribution >= 4 is 12.4 Å². The van der Waals surface area contributed by atoms with Crippen molar-refractivity contribution in [3.8, 4) is 55.8 Å². The highest BCUT2D eigenvalue weighted by Crippen LogP contribution is 2.42. The van der Waals surface area contributed by atoms with E-state index >= 15 is 0 Å². The first-order valence-electron chi connectivity index (χ1n) is 14.0. The van der Waals surface area contributed by atoms with Gasteiger partial charge in [0.05, 0.1) is 11.4 Å². The van der Waals surface area contributed by atoms with E-state index in [0.717, 1.165) is 39.2 Å². The second-order valence-electron chi connectivity index (χ2n) is 9.99. The number of hydrogen-bond donors (Lipinski definition) is 0. The molecular weight excluding hydrogens is 508 g/mol. The summed E-state index contributed by atoms with van der Waals surface area (Å²) in [5.41, 5.74) is 13.2. The van der Waals surface area contributed by atoms with Crippen LogP contribution in [0, 0.1) is 0 Å². The molecule has 0 atom stereocenters. The van der Waals surface area contributed by atoms with Crippen molar-refractivity contribution in [1.82, 2.24) is 4.98 Å². The van der Waals surface area contributed by atoms with Crippen LogP contribution in [-0.4, -0.2) is 11.7 Å². The van der Waals surface area contributed by atoms with E-state index in [1.54, 1.807) is 6.08 Å². The Bertz CT molecular complexity index is 1850. The Labute approximate surface area is 247 Å². The molecule has 0 aliphatic carbocycles. The summed E-state index contributed by atoms with van der Waals surface area (Å²) < 4.78 is 0. The number of pyridine rings is 1. The number of rotatable bonds is 8. The van der Waals surface area contributed by atoms with Crippen molar-refractivity contribution in [3.63, 3.8) is 0 Å². The fraction of sp³-hybridized carbons (Fsp3) is 0. The molecule has 0 aliphatic rings. The van der Waals surface area contributed by atoms with Crippen LogP contribution in [0.25, 0.3) is 61.5 Å². The van der Waals surface area contributed by atoms with E-state index in [4.69, 9.17) is 0 Å². The van der Waals surface area contributed by atoms with Gasteiger partial charge in [-0.2, -0.15) is 0 Å². The quantitative estimate of drug-likeness (QED) is 0.140. The molecule has 0 unspecified atom stereocenters. The number of nitrogens with zero attached hydrogens (tertiary/aromatic N) is 2. The number of hydrogen-bond acceptors (Lipinski definition) is 2. The Morgan fingerprint density at radius 1 is 0.524 bits per heavy atom. The van der Waals surface area contributed by atoms with Crippen molar-refractivity contribution in [2.45, 2.75) is 0 Å². The van der Waals surface area contributed by atoms with Crippen LogP contribution in [0.1, 0.15) is 5.56 Å².